The van der Waals surface area contributed by atoms with Crippen LogP contribution in [0.3, 0.4) is 0 Å². The van der Waals surface area contributed by atoms with Gasteiger partial charge in [-0.25, -0.2) is 5.84 Å². The topological polar surface area (TPSA) is 58.4 Å². The van der Waals surface area contributed by atoms with E-state index in [-0.39, 0.29) is 5.91 Å². The molecule has 0 saturated heterocycles. The van der Waals surface area contributed by atoms with E-state index >= 15 is 0 Å². The zero-order valence-corrected chi connectivity index (χ0v) is 12.3. The molecule has 0 aromatic carbocycles. The zero-order chi connectivity index (χ0) is 13.7. The minimum absolute atomic E-state index is 0.0959. The molecule has 4 nitrogen and oxygen atoms in total. The summed E-state index contributed by atoms with van der Waals surface area (Å²) in [4.78, 5) is 14.6. The van der Waals surface area contributed by atoms with Gasteiger partial charge in [0.15, 0.2) is 0 Å². The van der Waals surface area contributed by atoms with Gasteiger partial charge in [-0.15, -0.1) is 11.3 Å². The SMILES string of the molecule is NNC(=O)CCCN1CC=C(c2ccc(Cl)s2)CC1. The van der Waals surface area contributed by atoms with Gasteiger partial charge in [0.1, 0.15) is 0 Å². The molecule has 1 aromatic rings. The molecule has 3 N–H and O–H groups in total. The van der Waals surface area contributed by atoms with Crippen LogP contribution in [0.5, 0.6) is 0 Å². The van der Waals surface area contributed by atoms with Crippen molar-refractivity contribution in [2.75, 3.05) is 19.6 Å². The van der Waals surface area contributed by atoms with Crippen molar-refractivity contribution in [2.24, 2.45) is 5.84 Å². The summed E-state index contributed by atoms with van der Waals surface area (Å²) < 4.78 is 0.839. The molecular formula is C13H18ClN3OS. The van der Waals surface area contributed by atoms with Crippen LogP contribution in [0.25, 0.3) is 5.57 Å². The smallest absolute Gasteiger partial charge is 0.233 e. The molecule has 0 fully saturated rings. The van der Waals surface area contributed by atoms with Crippen molar-refractivity contribution in [3.8, 4) is 0 Å². The van der Waals surface area contributed by atoms with E-state index in [1.165, 1.54) is 10.5 Å². The van der Waals surface area contributed by atoms with Gasteiger partial charge in [0.05, 0.1) is 4.34 Å². The van der Waals surface area contributed by atoms with Crippen LogP contribution >= 0.6 is 22.9 Å². The fraction of sp³-hybridized carbons (Fsp3) is 0.462. The molecule has 0 atom stereocenters. The van der Waals surface area contributed by atoms with Gasteiger partial charge in [-0.3, -0.25) is 15.1 Å². The molecular weight excluding hydrogens is 282 g/mol. The van der Waals surface area contributed by atoms with Gasteiger partial charge in [0.25, 0.3) is 0 Å². The molecule has 2 heterocycles. The van der Waals surface area contributed by atoms with Crippen molar-refractivity contribution in [3.05, 3.63) is 27.4 Å². The molecule has 104 valence electrons. The average molecular weight is 300 g/mol. The van der Waals surface area contributed by atoms with Crippen LogP contribution in [-0.4, -0.2) is 30.4 Å². The van der Waals surface area contributed by atoms with Crippen molar-refractivity contribution in [3.63, 3.8) is 0 Å². The number of nitrogens with two attached hydrogens (primary N) is 1. The number of carbonyl (C=O) groups excluding carboxylic acids is 1. The molecule has 1 aliphatic heterocycles. The van der Waals surface area contributed by atoms with Gasteiger partial charge in [0.2, 0.25) is 5.91 Å². The summed E-state index contributed by atoms with van der Waals surface area (Å²) in [5.41, 5.74) is 3.54. The summed E-state index contributed by atoms with van der Waals surface area (Å²) in [6.45, 7) is 2.91. The Labute approximate surface area is 122 Å². The number of thiophene rings is 1. The molecule has 1 aliphatic rings. The predicted molar refractivity (Wildman–Crippen MR) is 79.9 cm³/mol. The first-order chi connectivity index (χ1) is 9.19. The minimum Gasteiger partial charge on any atom is -0.299 e. The molecule has 2 rings (SSSR count). The number of hydrogen-bond acceptors (Lipinski definition) is 4. The number of halogens is 1. The van der Waals surface area contributed by atoms with Gasteiger partial charge in [-0.1, -0.05) is 17.7 Å². The summed E-state index contributed by atoms with van der Waals surface area (Å²) in [5.74, 6) is 4.95. The van der Waals surface area contributed by atoms with E-state index in [9.17, 15) is 4.79 Å². The van der Waals surface area contributed by atoms with Crippen LogP contribution < -0.4 is 11.3 Å². The Kier molecular flexibility index (Phi) is 5.39. The summed E-state index contributed by atoms with van der Waals surface area (Å²) >= 11 is 7.59. The second-order valence-electron chi connectivity index (χ2n) is 4.55. The molecule has 1 amide bonds. The van der Waals surface area contributed by atoms with Crippen LogP contribution in [0.4, 0.5) is 0 Å². The molecule has 0 spiro atoms. The Bertz CT molecular complexity index is 472. The fourth-order valence-electron chi connectivity index (χ4n) is 2.16. The van der Waals surface area contributed by atoms with Crippen LogP contribution in [0, 0.1) is 0 Å². The molecule has 0 unspecified atom stereocenters. The third-order valence-corrected chi connectivity index (χ3v) is 4.53. The van der Waals surface area contributed by atoms with E-state index in [4.69, 9.17) is 17.4 Å². The maximum absolute atomic E-state index is 11.0. The van der Waals surface area contributed by atoms with E-state index in [1.807, 2.05) is 6.07 Å². The van der Waals surface area contributed by atoms with Crippen molar-refractivity contribution < 1.29 is 4.79 Å². The highest BCUT2D eigenvalue weighted by Crippen LogP contribution is 2.31. The number of amides is 1. The largest absolute Gasteiger partial charge is 0.299 e. The summed E-state index contributed by atoms with van der Waals surface area (Å²) in [5, 5.41) is 0. The highest BCUT2D eigenvalue weighted by molar-refractivity contribution is 7.17. The lowest BCUT2D eigenvalue weighted by molar-refractivity contribution is -0.121. The Balaban J connectivity index is 1.78. The van der Waals surface area contributed by atoms with Crippen molar-refractivity contribution in [2.45, 2.75) is 19.3 Å². The average Bonchev–Trinajstić information content (AvgIpc) is 2.86. The maximum Gasteiger partial charge on any atom is 0.233 e. The quantitative estimate of drug-likeness (QED) is 0.498. The molecule has 19 heavy (non-hydrogen) atoms. The van der Waals surface area contributed by atoms with Gasteiger partial charge < -0.3 is 0 Å². The van der Waals surface area contributed by atoms with Crippen LogP contribution in [-0.2, 0) is 4.79 Å². The van der Waals surface area contributed by atoms with E-state index < -0.39 is 0 Å². The normalized spacial score (nSPS) is 16.2. The number of nitrogens with one attached hydrogen (secondary N) is 1. The first kappa shape index (κ1) is 14.5. The van der Waals surface area contributed by atoms with Gasteiger partial charge in [0, 0.05) is 24.4 Å². The van der Waals surface area contributed by atoms with Gasteiger partial charge >= 0.3 is 0 Å². The Morgan fingerprint density at radius 1 is 1.53 bits per heavy atom. The van der Waals surface area contributed by atoms with Gasteiger partial charge in [-0.2, -0.15) is 0 Å². The lowest BCUT2D eigenvalue weighted by Gasteiger charge is -2.25. The number of hydrogen-bond donors (Lipinski definition) is 2. The second-order valence-corrected chi connectivity index (χ2v) is 6.27. The van der Waals surface area contributed by atoms with Crippen molar-refractivity contribution in [1.82, 2.24) is 10.3 Å². The third kappa shape index (κ3) is 4.31. The molecule has 1 aromatic heterocycles. The molecule has 0 aliphatic carbocycles. The van der Waals surface area contributed by atoms with Gasteiger partial charge in [-0.05, 0) is 37.1 Å². The predicted octanol–water partition coefficient (Wildman–Crippen LogP) is 2.26. The highest BCUT2D eigenvalue weighted by atomic mass is 35.5. The monoisotopic (exact) mass is 299 g/mol. The number of rotatable bonds is 5. The number of carbonyl (C=O) groups is 1. The first-order valence-corrected chi connectivity index (χ1v) is 7.55. The Morgan fingerprint density at radius 2 is 2.37 bits per heavy atom. The molecule has 0 radical (unpaired) electrons. The van der Waals surface area contributed by atoms with Crippen LogP contribution in [0.15, 0.2) is 18.2 Å². The van der Waals surface area contributed by atoms with E-state index in [0.29, 0.717) is 6.42 Å². The first-order valence-electron chi connectivity index (χ1n) is 6.35. The van der Waals surface area contributed by atoms with E-state index in [0.717, 1.165) is 36.8 Å². The maximum atomic E-state index is 11.0. The molecule has 0 saturated carbocycles. The summed E-state index contributed by atoms with van der Waals surface area (Å²) in [6, 6.07) is 4.03. The fourth-order valence-corrected chi connectivity index (χ4v) is 3.27. The zero-order valence-electron chi connectivity index (χ0n) is 10.7. The molecule has 0 bridgehead atoms. The summed E-state index contributed by atoms with van der Waals surface area (Å²) in [6.07, 6.45) is 4.63. The lowest BCUT2D eigenvalue weighted by Crippen LogP contribution is -2.32. The third-order valence-electron chi connectivity index (χ3n) is 3.22. The number of hydrazine groups is 1. The lowest BCUT2D eigenvalue weighted by atomic mass is 10.1. The van der Waals surface area contributed by atoms with E-state index in [2.05, 4.69) is 22.5 Å². The van der Waals surface area contributed by atoms with Crippen molar-refractivity contribution >= 4 is 34.4 Å². The van der Waals surface area contributed by atoms with Crippen LogP contribution in [0.2, 0.25) is 4.34 Å². The molecule has 6 heteroatoms. The Hall–Kier alpha value is -0.880. The number of nitrogens with zero attached hydrogens (tertiary/aromatic N) is 1. The minimum atomic E-state index is -0.0959. The second kappa shape index (κ2) is 7.05. The Morgan fingerprint density at radius 3 is 2.95 bits per heavy atom. The van der Waals surface area contributed by atoms with Crippen LogP contribution in [0.1, 0.15) is 24.1 Å². The van der Waals surface area contributed by atoms with E-state index in [1.54, 1.807) is 11.3 Å². The highest BCUT2D eigenvalue weighted by Gasteiger charge is 2.14. The summed E-state index contributed by atoms with van der Waals surface area (Å²) in [7, 11) is 0. The van der Waals surface area contributed by atoms with Crippen molar-refractivity contribution in [1.29, 1.82) is 0 Å². The standard InChI is InChI=1S/C13H18ClN3OS/c14-12-4-3-11(19-12)10-5-8-17(9-6-10)7-1-2-13(18)16-15/h3-5H,1-2,6-9,15H2,(H,16,18).